The van der Waals surface area contributed by atoms with Crippen molar-refractivity contribution in [3.8, 4) is 0 Å². The molecule has 0 bridgehead atoms. The summed E-state index contributed by atoms with van der Waals surface area (Å²) in [7, 11) is 0. The molecule has 13 N–H and O–H groups in total. The molecule has 1 aliphatic heterocycles. The minimum absolute atomic E-state index is 0. The van der Waals surface area contributed by atoms with Crippen LogP contribution in [-0.2, 0) is 54.4 Å². The van der Waals surface area contributed by atoms with Gasteiger partial charge in [-0.15, -0.1) is 0 Å². The lowest BCUT2D eigenvalue weighted by Gasteiger charge is -2.26. The molecule has 0 spiro atoms. The lowest BCUT2D eigenvalue weighted by Crippen LogP contribution is -2.58. The number of hydrogen-bond donors (Lipinski definition) is 10. The molecule has 0 unspecified atom stereocenters. The number of aliphatic hydroxyl groups is 2. The van der Waals surface area contributed by atoms with Crippen molar-refractivity contribution >= 4 is 64.4 Å². The number of aliphatic imine (C=N–C) groups is 1. The molecule has 1 aromatic rings. The Morgan fingerprint density at radius 3 is 2.17 bits per heavy atom. The number of benzene rings is 1. The van der Waals surface area contributed by atoms with Crippen LogP contribution in [0.2, 0.25) is 0 Å². The highest BCUT2D eigenvalue weighted by Gasteiger charge is 2.35. The van der Waals surface area contributed by atoms with E-state index in [9.17, 15) is 58.2 Å². The Morgan fingerprint density at radius 1 is 0.891 bits per heavy atom. The zero-order chi connectivity index (χ0) is 47.9. The van der Waals surface area contributed by atoms with Crippen molar-refractivity contribution in [1.82, 2.24) is 26.6 Å². The summed E-state index contributed by atoms with van der Waals surface area (Å²) in [5, 5.41) is 33.6. The zero-order valence-electron chi connectivity index (χ0n) is 36.8. The van der Waals surface area contributed by atoms with E-state index in [2.05, 4.69) is 31.6 Å². The second-order valence-corrected chi connectivity index (χ2v) is 16.1. The van der Waals surface area contributed by atoms with Crippen LogP contribution < -0.4 is 43.8 Å². The van der Waals surface area contributed by atoms with Gasteiger partial charge in [-0.2, -0.15) is 0 Å². The van der Waals surface area contributed by atoms with Crippen molar-refractivity contribution in [2.45, 2.75) is 122 Å². The molecule has 1 aliphatic rings. The maximum Gasteiger partial charge on any atom is 0.243 e. The number of nitrogens with zero attached hydrogens (tertiary/aromatic N) is 1. The van der Waals surface area contributed by atoms with Gasteiger partial charge in [-0.05, 0) is 52.0 Å². The summed E-state index contributed by atoms with van der Waals surface area (Å²) in [6.45, 7) is 2.90. The molecule has 1 aromatic carbocycles. The molecule has 1 saturated heterocycles. The summed E-state index contributed by atoms with van der Waals surface area (Å²) in [4.78, 5) is 137. The standard InChI is InChI=1S/C43H65N9O12.H2/c1-24(53)31(25(2)54)20-36(58)28-11-7-15-47-39(61)21-35(50-38(60)14-13-29(56)22-44)42(64)51-33(12-8-16-48-43(45)46)41(63)52-34(17-27-9-5-4-6-10-27)40(62)49-23-30(57)19-32(26(3)55)37(59)18-28;/h4-6,9-10,24,26,28,31-35,53,55H,7-8,11-23,44H2,1-3H3,(H,47,61)(H,49,62)(H,50,60)(H,51,64)(H,52,63)(H4,45,46,48);1H/t24-,26-,28-,31+,32+,33+,34+,35+;/m1./s1/i;1+2. The fraction of sp³-hybridized carbons (Fsp3) is 0.605. The largest absolute Gasteiger partial charge is 0.393 e. The van der Waals surface area contributed by atoms with Crippen LogP contribution in [0.1, 0.15) is 92.0 Å². The molecule has 0 saturated carbocycles. The number of guanidine groups is 1. The van der Waals surface area contributed by atoms with E-state index in [1.807, 2.05) is 0 Å². The number of nitrogens with one attached hydrogen (secondary N) is 5. The van der Waals surface area contributed by atoms with Crippen LogP contribution in [0.4, 0.5) is 0 Å². The summed E-state index contributed by atoms with van der Waals surface area (Å²) in [5.41, 5.74) is 16.9. The molecule has 8 atom stereocenters. The minimum atomic E-state index is -1.59. The van der Waals surface area contributed by atoms with Gasteiger partial charge in [0.2, 0.25) is 29.5 Å². The second kappa shape index (κ2) is 28.0. The van der Waals surface area contributed by atoms with Crippen LogP contribution in [0.5, 0.6) is 0 Å². The second-order valence-electron chi connectivity index (χ2n) is 16.1. The fourth-order valence-corrected chi connectivity index (χ4v) is 7.03. The first kappa shape index (κ1) is 54.2. The van der Waals surface area contributed by atoms with Gasteiger partial charge >= 0.3 is 0 Å². The minimum Gasteiger partial charge on any atom is -0.393 e. The topological polar surface area (TPSA) is 362 Å². The first-order valence-corrected chi connectivity index (χ1v) is 21.4. The fourth-order valence-electron chi connectivity index (χ4n) is 7.03. The molecule has 356 valence electrons. The van der Waals surface area contributed by atoms with Gasteiger partial charge in [-0.25, -0.2) is 0 Å². The zero-order valence-corrected chi connectivity index (χ0v) is 36.8. The molecule has 1 fully saturated rings. The third kappa shape index (κ3) is 20.1. The molecule has 2 rings (SSSR count). The third-order valence-corrected chi connectivity index (χ3v) is 10.8. The summed E-state index contributed by atoms with van der Waals surface area (Å²) in [6.07, 6.45) is -5.12. The molecule has 21 nitrogen and oxygen atoms in total. The molecule has 5 amide bonds. The predicted molar refractivity (Wildman–Crippen MR) is 235 cm³/mol. The van der Waals surface area contributed by atoms with Crippen molar-refractivity contribution in [2.24, 2.45) is 39.9 Å². The van der Waals surface area contributed by atoms with Crippen LogP contribution in [0, 0.1) is 17.8 Å². The van der Waals surface area contributed by atoms with Crippen molar-refractivity contribution in [1.29, 1.82) is 0 Å². The van der Waals surface area contributed by atoms with E-state index in [0.717, 1.165) is 0 Å². The molecule has 0 radical (unpaired) electrons. The Labute approximate surface area is 373 Å². The van der Waals surface area contributed by atoms with Crippen LogP contribution in [0.25, 0.3) is 0 Å². The van der Waals surface area contributed by atoms with Crippen LogP contribution in [0.3, 0.4) is 0 Å². The van der Waals surface area contributed by atoms with E-state index in [0.29, 0.717) is 5.56 Å². The number of hydrogen-bond acceptors (Lipinski definition) is 14. The number of carbonyl (C=O) groups is 10. The predicted octanol–water partition coefficient (Wildman–Crippen LogP) is -2.22. The first-order valence-electron chi connectivity index (χ1n) is 21.4. The van der Waals surface area contributed by atoms with Gasteiger partial charge in [0.1, 0.15) is 41.3 Å². The van der Waals surface area contributed by atoms with Crippen molar-refractivity contribution in [3.63, 3.8) is 0 Å². The Kier molecular flexibility index (Phi) is 23.7. The monoisotopic (exact) mass is 903 g/mol. The quantitative estimate of drug-likeness (QED) is 0.0450. The number of carbonyl (C=O) groups excluding carboxylic acids is 10. The Morgan fingerprint density at radius 2 is 1.56 bits per heavy atom. The number of nitrogens with two attached hydrogens (primary N) is 3. The number of ketones is 5. The lowest BCUT2D eigenvalue weighted by atomic mass is 9.81. The van der Waals surface area contributed by atoms with Crippen molar-refractivity contribution < 1.29 is 59.6 Å². The van der Waals surface area contributed by atoms with E-state index in [-0.39, 0.29) is 72.0 Å². The highest BCUT2D eigenvalue weighted by atomic mass is 16.3. The molecular formula is C43H67N9O12. The van der Waals surface area contributed by atoms with Gasteiger partial charge in [-0.1, -0.05) is 30.3 Å². The maximum absolute atomic E-state index is 14.0. The van der Waals surface area contributed by atoms with E-state index in [4.69, 9.17) is 17.2 Å². The Balaban J connectivity index is 0.0000211. The van der Waals surface area contributed by atoms with E-state index < -0.39 is 139 Å². The average molecular weight is 904 g/mol. The average Bonchev–Trinajstić information content (AvgIpc) is 3.23. The smallest absolute Gasteiger partial charge is 0.243 e. The highest BCUT2D eigenvalue weighted by Crippen LogP contribution is 2.24. The molecule has 0 aromatic heterocycles. The summed E-state index contributed by atoms with van der Waals surface area (Å²) < 4.78 is 0. The van der Waals surface area contributed by atoms with Gasteiger partial charge in [-0.3, -0.25) is 52.9 Å². The Hall–Kier alpha value is -5.93. The molecule has 21 heteroatoms. The van der Waals surface area contributed by atoms with E-state index in [1.165, 1.54) is 20.8 Å². The molecule has 64 heavy (non-hydrogen) atoms. The van der Waals surface area contributed by atoms with E-state index in [1.54, 1.807) is 30.3 Å². The SMILES string of the molecule is CC(=O)[C@@H](CC(=O)[C@@H]1CCCNC(=O)C[C@H](NC(=O)CCC(=O)CN)C(=O)N[C@@H](CCCN=C(N)N)C(=O)N[C@@H](Cc2ccccc2)C(=O)NCC(=O)C[C@@H]([C@@H](C)O)C(=O)C1)[C@@H](C)O.[3HH]. The summed E-state index contributed by atoms with van der Waals surface area (Å²) in [5.74, 6) is -10.5. The number of Topliss-reactive ketones (excluding diaryl/α,β-unsaturated/α-hetero) is 5. The highest BCUT2D eigenvalue weighted by molar-refractivity contribution is 5.98. The summed E-state index contributed by atoms with van der Waals surface area (Å²) in [6, 6.07) is 4.23. The van der Waals surface area contributed by atoms with Crippen LogP contribution in [0.15, 0.2) is 35.3 Å². The Bertz CT molecular complexity index is 1840. The first-order chi connectivity index (χ1) is 30.2. The maximum atomic E-state index is 14.0. The number of rotatable bonds is 17. The number of amides is 5. The van der Waals surface area contributed by atoms with Gasteiger partial charge in [0.05, 0.1) is 37.6 Å². The lowest BCUT2D eigenvalue weighted by molar-refractivity contribution is -0.136. The number of aliphatic hydroxyl groups excluding tert-OH is 2. The van der Waals surface area contributed by atoms with E-state index >= 15 is 0 Å². The van der Waals surface area contributed by atoms with Gasteiger partial charge in [0.15, 0.2) is 11.7 Å². The molecule has 1 heterocycles. The molecular weight excluding hydrogens is 835 g/mol. The normalized spacial score (nSPS) is 22.7. The van der Waals surface area contributed by atoms with Crippen molar-refractivity contribution in [3.05, 3.63) is 35.9 Å². The van der Waals surface area contributed by atoms with Crippen LogP contribution >= 0.6 is 0 Å². The molecule has 0 aliphatic carbocycles. The summed E-state index contributed by atoms with van der Waals surface area (Å²) >= 11 is 0. The van der Waals surface area contributed by atoms with Gasteiger partial charge in [0, 0.05) is 64.9 Å². The van der Waals surface area contributed by atoms with Crippen molar-refractivity contribution in [2.75, 3.05) is 26.2 Å². The van der Waals surface area contributed by atoms with Crippen LogP contribution in [-0.4, -0.2) is 131 Å². The third-order valence-electron chi connectivity index (χ3n) is 10.8. The van der Waals surface area contributed by atoms with Gasteiger partial charge < -0.3 is 54.0 Å². The van der Waals surface area contributed by atoms with Gasteiger partial charge in [0.25, 0.3) is 0 Å².